The van der Waals surface area contributed by atoms with Gasteiger partial charge in [0.05, 0.1) is 0 Å². The third-order valence-corrected chi connectivity index (χ3v) is 3.72. The van der Waals surface area contributed by atoms with E-state index in [1.54, 1.807) is 0 Å². The maximum absolute atomic E-state index is 13.3. The molecule has 0 N–H and O–H groups in total. The minimum absolute atomic E-state index is 0.00417. The normalized spacial score (nSPS) is 23.2. The first-order valence-electron chi connectivity index (χ1n) is 4.28. The van der Waals surface area contributed by atoms with E-state index in [9.17, 15) is 8.78 Å². The number of likely N-dealkylation sites (N-methyl/N-ethyl adjacent to an activating group) is 1. The van der Waals surface area contributed by atoms with E-state index in [0.29, 0.717) is 5.56 Å². The summed E-state index contributed by atoms with van der Waals surface area (Å²) in [7, 11) is 1.93. The summed E-state index contributed by atoms with van der Waals surface area (Å²) < 4.78 is 26.2. The van der Waals surface area contributed by atoms with E-state index in [-0.39, 0.29) is 6.04 Å². The quantitative estimate of drug-likeness (QED) is 0.626. The van der Waals surface area contributed by atoms with Gasteiger partial charge in [0, 0.05) is 23.0 Å². The Hall–Kier alpha value is -0.480. The number of halogens is 2. The summed E-state index contributed by atoms with van der Waals surface area (Å²) in [5, 5.41) is -0.660. The van der Waals surface area contributed by atoms with E-state index < -0.39 is 10.9 Å². The average Bonchev–Trinajstić information content (AvgIpc) is 2.37. The second-order valence-electron chi connectivity index (χ2n) is 3.43. The molecule has 1 aromatic rings. The van der Waals surface area contributed by atoms with Crippen molar-refractivity contribution >= 4 is 11.3 Å². The van der Waals surface area contributed by atoms with Gasteiger partial charge in [-0.1, -0.05) is 0 Å². The first kappa shape index (κ1) is 9.09. The highest BCUT2D eigenvalue weighted by Crippen LogP contribution is 2.36. The molecule has 0 aliphatic carbocycles. The molecule has 4 heteroatoms. The fraction of sp³-hybridized carbons (Fsp3) is 0.556. The number of fused-ring (bicyclic) bond motifs is 1. The van der Waals surface area contributed by atoms with Crippen LogP contribution in [0.2, 0.25) is 0 Å². The third kappa shape index (κ3) is 1.28. The summed E-state index contributed by atoms with van der Waals surface area (Å²) in [6, 6.07) is 0.00417. The van der Waals surface area contributed by atoms with E-state index in [2.05, 4.69) is 0 Å². The Morgan fingerprint density at radius 1 is 1.46 bits per heavy atom. The van der Waals surface area contributed by atoms with Gasteiger partial charge in [0.15, 0.2) is 5.82 Å². The maximum Gasteiger partial charge on any atom is 0.212 e. The average molecular weight is 203 g/mol. The van der Waals surface area contributed by atoms with Crippen LogP contribution < -0.4 is 0 Å². The van der Waals surface area contributed by atoms with Crippen LogP contribution >= 0.6 is 11.3 Å². The van der Waals surface area contributed by atoms with Crippen LogP contribution in [0.5, 0.6) is 0 Å². The van der Waals surface area contributed by atoms with E-state index in [1.165, 1.54) is 0 Å². The lowest BCUT2D eigenvalue weighted by Crippen LogP contribution is -2.29. The summed E-state index contributed by atoms with van der Waals surface area (Å²) in [4.78, 5) is 2.91. The lowest BCUT2D eigenvalue weighted by molar-refractivity contribution is 0.243. The number of hydrogen-bond donors (Lipinski definition) is 0. The predicted molar refractivity (Wildman–Crippen MR) is 49.0 cm³/mol. The Morgan fingerprint density at radius 3 is 2.85 bits per heavy atom. The highest BCUT2D eigenvalue weighted by atomic mass is 32.1. The summed E-state index contributed by atoms with van der Waals surface area (Å²) in [6.07, 6.45) is 0.766. The lowest BCUT2D eigenvalue weighted by atomic mass is 10.0. The molecule has 1 aromatic heterocycles. The summed E-state index contributed by atoms with van der Waals surface area (Å²) >= 11 is 0.954. The van der Waals surface area contributed by atoms with Crippen molar-refractivity contribution in [2.45, 2.75) is 19.4 Å². The molecular formula is C9H11F2NS. The van der Waals surface area contributed by atoms with Crippen LogP contribution in [0.1, 0.15) is 23.4 Å². The molecule has 1 nitrogen and oxygen atoms in total. The van der Waals surface area contributed by atoms with Crippen molar-refractivity contribution in [3.05, 3.63) is 21.4 Å². The Balaban J connectivity index is 2.51. The van der Waals surface area contributed by atoms with Gasteiger partial charge in [-0.15, -0.1) is 11.3 Å². The lowest BCUT2D eigenvalue weighted by Gasteiger charge is -2.29. The number of nitrogens with zero attached hydrogens (tertiary/aromatic N) is 1. The van der Waals surface area contributed by atoms with Crippen molar-refractivity contribution in [3.8, 4) is 0 Å². The Labute approximate surface area is 80.0 Å². The number of rotatable bonds is 0. The minimum Gasteiger partial charge on any atom is -0.299 e. The Kier molecular flexibility index (Phi) is 2.12. The molecule has 0 aromatic carbocycles. The van der Waals surface area contributed by atoms with Gasteiger partial charge in [-0.2, -0.15) is 4.39 Å². The van der Waals surface area contributed by atoms with Crippen LogP contribution in [0.4, 0.5) is 8.78 Å². The van der Waals surface area contributed by atoms with Crippen molar-refractivity contribution in [2.75, 3.05) is 13.6 Å². The van der Waals surface area contributed by atoms with Crippen molar-refractivity contribution < 1.29 is 8.78 Å². The Morgan fingerprint density at radius 2 is 2.15 bits per heavy atom. The zero-order valence-electron chi connectivity index (χ0n) is 7.60. The SMILES string of the molecule is CC1c2c(sc(F)c2F)CCN1C. The van der Waals surface area contributed by atoms with Crippen molar-refractivity contribution in [2.24, 2.45) is 0 Å². The fourth-order valence-corrected chi connectivity index (χ4v) is 2.71. The summed E-state index contributed by atoms with van der Waals surface area (Å²) in [5.41, 5.74) is 0.566. The molecule has 1 unspecified atom stereocenters. The van der Waals surface area contributed by atoms with E-state index in [1.807, 2.05) is 18.9 Å². The highest BCUT2D eigenvalue weighted by Gasteiger charge is 2.28. The molecule has 13 heavy (non-hydrogen) atoms. The molecule has 2 heterocycles. The molecule has 0 fully saturated rings. The van der Waals surface area contributed by atoms with Crippen LogP contribution in [0, 0.1) is 10.9 Å². The molecule has 0 spiro atoms. The predicted octanol–water partition coefficient (Wildman–Crippen LogP) is 2.58. The molecule has 0 bridgehead atoms. The summed E-state index contributed by atoms with van der Waals surface area (Å²) in [5.74, 6) is -0.640. The van der Waals surface area contributed by atoms with E-state index >= 15 is 0 Å². The molecule has 0 saturated heterocycles. The molecule has 1 aliphatic heterocycles. The molecule has 1 aliphatic rings. The topological polar surface area (TPSA) is 3.24 Å². The van der Waals surface area contributed by atoms with Gasteiger partial charge in [0.1, 0.15) is 0 Å². The number of thiophene rings is 1. The third-order valence-electron chi connectivity index (χ3n) is 2.69. The maximum atomic E-state index is 13.3. The van der Waals surface area contributed by atoms with Crippen molar-refractivity contribution in [1.82, 2.24) is 4.90 Å². The van der Waals surface area contributed by atoms with Crippen LogP contribution in [-0.2, 0) is 6.42 Å². The zero-order valence-corrected chi connectivity index (χ0v) is 8.42. The molecule has 72 valence electrons. The van der Waals surface area contributed by atoms with Gasteiger partial charge in [-0.05, 0) is 20.4 Å². The smallest absolute Gasteiger partial charge is 0.212 e. The molecule has 2 rings (SSSR count). The molecule has 0 radical (unpaired) electrons. The minimum atomic E-state index is -0.660. The molecule has 0 saturated carbocycles. The van der Waals surface area contributed by atoms with Gasteiger partial charge >= 0.3 is 0 Å². The zero-order chi connectivity index (χ0) is 9.59. The number of hydrogen-bond acceptors (Lipinski definition) is 2. The van der Waals surface area contributed by atoms with Gasteiger partial charge in [-0.3, -0.25) is 4.90 Å². The van der Waals surface area contributed by atoms with Gasteiger partial charge in [0.2, 0.25) is 5.13 Å². The van der Waals surface area contributed by atoms with Crippen molar-refractivity contribution in [1.29, 1.82) is 0 Å². The van der Waals surface area contributed by atoms with Crippen LogP contribution in [-0.4, -0.2) is 18.5 Å². The van der Waals surface area contributed by atoms with Crippen LogP contribution in [0.15, 0.2) is 0 Å². The van der Waals surface area contributed by atoms with Crippen LogP contribution in [0.25, 0.3) is 0 Å². The first-order valence-corrected chi connectivity index (χ1v) is 5.09. The molecular weight excluding hydrogens is 192 g/mol. The van der Waals surface area contributed by atoms with Crippen LogP contribution in [0.3, 0.4) is 0 Å². The van der Waals surface area contributed by atoms with Crippen molar-refractivity contribution in [3.63, 3.8) is 0 Å². The van der Waals surface area contributed by atoms with E-state index in [0.717, 1.165) is 29.2 Å². The fourth-order valence-electron chi connectivity index (χ4n) is 1.73. The van der Waals surface area contributed by atoms with Gasteiger partial charge in [0.25, 0.3) is 0 Å². The standard InChI is InChI=1S/C9H11F2NS/c1-5-7-6(3-4-12(5)2)13-9(11)8(7)10/h5H,3-4H2,1-2H3. The second kappa shape index (κ2) is 3.03. The largest absolute Gasteiger partial charge is 0.299 e. The molecule has 0 amide bonds. The van der Waals surface area contributed by atoms with Gasteiger partial charge in [-0.25, -0.2) is 4.39 Å². The first-order chi connectivity index (χ1) is 6.11. The monoisotopic (exact) mass is 203 g/mol. The Bertz CT molecular complexity index is 335. The molecule has 1 atom stereocenters. The van der Waals surface area contributed by atoms with E-state index in [4.69, 9.17) is 0 Å². The highest BCUT2D eigenvalue weighted by molar-refractivity contribution is 7.10. The second-order valence-corrected chi connectivity index (χ2v) is 4.49. The van der Waals surface area contributed by atoms with Gasteiger partial charge < -0.3 is 0 Å². The summed E-state index contributed by atoms with van der Waals surface area (Å²) in [6.45, 7) is 2.79.